The molecule has 3 aliphatic rings. The van der Waals surface area contributed by atoms with E-state index in [0.717, 1.165) is 81.3 Å². The van der Waals surface area contributed by atoms with Gasteiger partial charge in [-0.3, -0.25) is 14.4 Å². The zero-order valence-electron chi connectivity index (χ0n) is 28.0. The van der Waals surface area contributed by atoms with Crippen LogP contribution in [0.3, 0.4) is 0 Å². The lowest BCUT2D eigenvalue weighted by atomic mass is 10.1. The van der Waals surface area contributed by atoms with E-state index in [9.17, 15) is 14.4 Å². The van der Waals surface area contributed by atoms with Gasteiger partial charge in [0.05, 0.1) is 0 Å². The molecule has 0 aliphatic heterocycles. The van der Waals surface area contributed by atoms with Crippen LogP contribution in [-0.2, 0) is 19.3 Å². The van der Waals surface area contributed by atoms with Crippen molar-refractivity contribution in [1.29, 1.82) is 0 Å². The van der Waals surface area contributed by atoms with E-state index in [2.05, 4.69) is 40.5 Å². The monoisotopic (exact) mass is 711 g/mol. The van der Waals surface area contributed by atoms with Crippen LogP contribution in [0.15, 0.2) is 110 Å². The number of ketones is 3. The molecule has 0 saturated carbocycles. The van der Waals surface area contributed by atoms with Gasteiger partial charge < -0.3 is 16.4 Å². The average molecular weight is 712 g/mol. The Morgan fingerprint density at radius 3 is 1.31 bits per heavy atom. The van der Waals surface area contributed by atoms with Crippen LogP contribution in [0.25, 0.3) is 0 Å². The van der Waals surface area contributed by atoms with Gasteiger partial charge in [-0.25, -0.2) is 29.9 Å². The molecule has 0 atom stereocenters. The van der Waals surface area contributed by atoms with Crippen molar-refractivity contribution in [3.63, 3.8) is 0 Å². The first-order valence-corrected chi connectivity index (χ1v) is 16.9. The maximum Gasteiger partial charge on any atom is 0.163 e. The molecule has 4 N–H and O–H groups in total. The van der Waals surface area contributed by atoms with Crippen LogP contribution < -0.4 is 16.4 Å². The predicted octanol–water partition coefficient (Wildman–Crippen LogP) is 7.23. The number of rotatable bonds is 4. The second-order valence-electron chi connectivity index (χ2n) is 11.9. The van der Waals surface area contributed by atoms with E-state index in [1.807, 2.05) is 48.5 Å². The Bertz CT molecular complexity index is 2080. The van der Waals surface area contributed by atoms with Gasteiger partial charge in [-0.1, -0.05) is 11.6 Å². The predicted molar refractivity (Wildman–Crippen MR) is 199 cm³/mol. The van der Waals surface area contributed by atoms with Crippen molar-refractivity contribution < 1.29 is 14.4 Å². The van der Waals surface area contributed by atoms with Gasteiger partial charge >= 0.3 is 0 Å². The first kappa shape index (κ1) is 35.4. The summed E-state index contributed by atoms with van der Waals surface area (Å²) in [6, 6.07) is 22.3. The summed E-state index contributed by atoms with van der Waals surface area (Å²) in [4.78, 5) is 57.3. The molecule has 0 bridgehead atoms. The molecule has 52 heavy (non-hydrogen) atoms. The van der Waals surface area contributed by atoms with Crippen molar-refractivity contribution in [3.05, 3.63) is 149 Å². The second kappa shape index (κ2) is 17.0. The van der Waals surface area contributed by atoms with Crippen molar-refractivity contribution in [2.75, 3.05) is 16.4 Å². The molecule has 13 heteroatoms. The molecule has 0 radical (unpaired) electrons. The van der Waals surface area contributed by atoms with Gasteiger partial charge in [0.15, 0.2) is 17.3 Å². The Balaban J connectivity index is 0.000000125. The SMILES string of the molecule is Clc1ccncn1.Nc1ccc2c(c1)CCC2=O.O=C1CCc2cc(Nc3ccncn3)ccc21.O=C1CCc2cc(Nc3ccncn3)ccc21. The van der Waals surface area contributed by atoms with Crippen LogP contribution in [0, 0.1) is 0 Å². The highest BCUT2D eigenvalue weighted by Gasteiger charge is 2.20. The zero-order valence-corrected chi connectivity index (χ0v) is 28.8. The number of aromatic nitrogens is 6. The van der Waals surface area contributed by atoms with E-state index in [0.29, 0.717) is 24.4 Å². The summed E-state index contributed by atoms with van der Waals surface area (Å²) in [6.07, 6.45) is 13.8. The largest absolute Gasteiger partial charge is 0.399 e. The van der Waals surface area contributed by atoms with Crippen LogP contribution in [-0.4, -0.2) is 47.3 Å². The summed E-state index contributed by atoms with van der Waals surface area (Å²) in [7, 11) is 0. The number of carbonyl (C=O) groups excluding carboxylic acids is 3. The fourth-order valence-corrected chi connectivity index (χ4v) is 5.94. The number of Topliss-reactive ketones (excluding diaryl/α,β-unsaturated/α-hetero) is 3. The summed E-state index contributed by atoms with van der Waals surface area (Å²) in [6.45, 7) is 0. The summed E-state index contributed by atoms with van der Waals surface area (Å²) in [5.74, 6) is 2.25. The van der Waals surface area contributed by atoms with Crippen molar-refractivity contribution in [2.45, 2.75) is 38.5 Å². The number of hydrogen-bond acceptors (Lipinski definition) is 12. The van der Waals surface area contributed by atoms with Crippen LogP contribution in [0.2, 0.25) is 5.15 Å². The number of halogens is 1. The number of benzene rings is 3. The van der Waals surface area contributed by atoms with E-state index in [4.69, 9.17) is 17.3 Å². The summed E-state index contributed by atoms with van der Waals surface area (Å²) in [5.41, 5.74) is 14.1. The van der Waals surface area contributed by atoms with E-state index in [-0.39, 0.29) is 17.3 Å². The minimum Gasteiger partial charge on any atom is -0.399 e. The van der Waals surface area contributed by atoms with Gasteiger partial charge in [0, 0.05) is 71.6 Å². The highest BCUT2D eigenvalue weighted by Crippen LogP contribution is 2.27. The number of hydrogen-bond donors (Lipinski definition) is 3. The lowest BCUT2D eigenvalue weighted by molar-refractivity contribution is 0.0986. The van der Waals surface area contributed by atoms with Crippen molar-refractivity contribution in [1.82, 2.24) is 29.9 Å². The number of aryl methyl sites for hydroxylation is 3. The first-order chi connectivity index (χ1) is 25.3. The third-order valence-electron chi connectivity index (χ3n) is 8.36. The Morgan fingerprint density at radius 1 is 0.500 bits per heavy atom. The maximum absolute atomic E-state index is 11.5. The molecule has 3 aromatic carbocycles. The quantitative estimate of drug-likeness (QED) is 0.124. The molecule has 0 spiro atoms. The number of nitrogen functional groups attached to an aromatic ring is 1. The highest BCUT2D eigenvalue weighted by molar-refractivity contribution is 6.29. The van der Waals surface area contributed by atoms with Gasteiger partial charge in [0.2, 0.25) is 0 Å². The molecule has 12 nitrogen and oxygen atoms in total. The number of fused-ring (bicyclic) bond motifs is 3. The minimum absolute atomic E-state index is 0.244. The Kier molecular flexibility index (Phi) is 11.6. The lowest BCUT2D eigenvalue weighted by Crippen LogP contribution is -1.96. The Hall–Kier alpha value is -6.40. The second-order valence-corrected chi connectivity index (χ2v) is 12.3. The fraction of sp³-hybridized carbons (Fsp3) is 0.154. The maximum atomic E-state index is 11.5. The van der Waals surface area contributed by atoms with Gasteiger partial charge in [-0.2, -0.15) is 0 Å². The van der Waals surface area contributed by atoms with Crippen LogP contribution in [0.1, 0.15) is 67.0 Å². The topological polar surface area (TPSA) is 179 Å². The third-order valence-corrected chi connectivity index (χ3v) is 8.58. The molecule has 3 aliphatic carbocycles. The summed E-state index contributed by atoms with van der Waals surface area (Å²) >= 11 is 5.39. The number of nitrogens with two attached hydrogens (primary N) is 1. The molecule has 3 heterocycles. The average Bonchev–Trinajstić information content (AvgIpc) is 3.85. The Morgan fingerprint density at radius 2 is 0.923 bits per heavy atom. The standard InChI is InChI=1S/2C13H11N3O.C9H9NO.C4H3ClN2/c2*17-12-4-1-9-7-10(2-3-11(9)12)16-13-5-6-14-8-15-13;10-7-2-3-8-6(5-7)1-4-9(8)11;5-4-1-2-6-3-7-4/h2*2-3,5-8H,1,4H2,(H,14,15,16);2-3,5H,1,4,10H2;1-3H. The van der Waals surface area contributed by atoms with Gasteiger partial charge in [0.25, 0.3) is 0 Å². The third kappa shape index (κ3) is 9.43. The van der Waals surface area contributed by atoms with Gasteiger partial charge in [-0.15, -0.1) is 0 Å². The molecule has 0 unspecified atom stereocenters. The number of carbonyl (C=O) groups is 3. The van der Waals surface area contributed by atoms with Gasteiger partial charge in [0.1, 0.15) is 35.8 Å². The Labute approximate surface area is 305 Å². The molecular weight excluding hydrogens is 678 g/mol. The van der Waals surface area contributed by atoms with E-state index < -0.39 is 0 Å². The van der Waals surface area contributed by atoms with Crippen LogP contribution in [0.4, 0.5) is 28.7 Å². The van der Waals surface area contributed by atoms with E-state index in [1.165, 1.54) is 19.0 Å². The molecule has 260 valence electrons. The first-order valence-electron chi connectivity index (χ1n) is 16.5. The molecule has 0 fully saturated rings. The van der Waals surface area contributed by atoms with Crippen molar-refractivity contribution in [3.8, 4) is 0 Å². The highest BCUT2D eigenvalue weighted by atomic mass is 35.5. The summed E-state index contributed by atoms with van der Waals surface area (Å²) < 4.78 is 0. The number of nitrogens with zero attached hydrogens (tertiary/aromatic N) is 6. The molecular formula is C39H34ClN9O3. The molecule has 0 amide bonds. The molecule has 0 saturated heterocycles. The summed E-state index contributed by atoms with van der Waals surface area (Å²) in [5, 5.41) is 6.85. The van der Waals surface area contributed by atoms with Crippen LogP contribution in [0.5, 0.6) is 0 Å². The molecule has 6 aromatic rings. The van der Waals surface area contributed by atoms with E-state index in [1.54, 1.807) is 42.9 Å². The van der Waals surface area contributed by atoms with E-state index >= 15 is 0 Å². The lowest BCUT2D eigenvalue weighted by Gasteiger charge is -2.06. The van der Waals surface area contributed by atoms with Gasteiger partial charge in [-0.05, 0) is 109 Å². The van der Waals surface area contributed by atoms with Crippen LogP contribution >= 0.6 is 11.6 Å². The molecule has 9 rings (SSSR count). The minimum atomic E-state index is 0.244. The normalized spacial score (nSPS) is 13.2. The smallest absolute Gasteiger partial charge is 0.163 e. The number of nitrogens with one attached hydrogen (secondary N) is 2. The zero-order chi connectivity index (χ0) is 36.3. The van der Waals surface area contributed by atoms with Crippen molar-refractivity contribution >= 4 is 57.6 Å². The fourth-order valence-electron chi connectivity index (χ4n) is 5.84. The molecule has 3 aromatic heterocycles. The number of anilines is 5. The van der Waals surface area contributed by atoms with Crippen molar-refractivity contribution in [2.24, 2.45) is 0 Å².